The van der Waals surface area contributed by atoms with Crippen molar-refractivity contribution in [3.05, 3.63) is 48.2 Å². The molecule has 6 unspecified atom stereocenters. The molecule has 0 aliphatic heterocycles. The van der Waals surface area contributed by atoms with Crippen LogP contribution in [0.3, 0.4) is 0 Å². The highest BCUT2D eigenvalue weighted by Gasteiger charge is 2.12. The number of benzene rings is 1. The lowest BCUT2D eigenvalue weighted by Crippen LogP contribution is -2.26. The number of allylic oxidation sites excluding steroid dienone is 1. The van der Waals surface area contributed by atoms with Crippen LogP contribution in [0.5, 0.6) is 0 Å². The summed E-state index contributed by atoms with van der Waals surface area (Å²) in [5, 5.41) is 0. The van der Waals surface area contributed by atoms with Gasteiger partial charge in [0.2, 0.25) is 0 Å². The van der Waals surface area contributed by atoms with Crippen LogP contribution in [0, 0.1) is 0 Å². The molecule has 40 heavy (non-hydrogen) atoms. The average Bonchev–Trinajstić information content (AvgIpc) is 2.94. The molecule has 0 saturated heterocycles. The van der Waals surface area contributed by atoms with E-state index in [9.17, 15) is 0 Å². The minimum Gasteiger partial charge on any atom is -0.496 e. The quantitative estimate of drug-likeness (QED) is 0.154. The SMILES string of the molecule is C=C(COC(C)COC(C)COC(C)COC)c1cccc(C(C)=COC(C)COC(C)COC(C)COC)c1. The summed E-state index contributed by atoms with van der Waals surface area (Å²) < 4.78 is 45.2. The van der Waals surface area contributed by atoms with Crippen LogP contribution in [0.1, 0.15) is 59.6 Å². The maximum Gasteiger partial charge on any atom is 0.118 e. The van der Waals surface area contributed by atoms with Crippen molar-refractivity contribution >= 4 is 11.1 Å². The van der Waals surface area contributed by atoms with E-state index in [1.165, 1.54) is 0 Å². The Labute approximate surface area is 242 Å². The van der Waals surface area contributed by atoms with E-state index in [2.05, 4.69) is 18.7 Å². The standard InChI is InChI=1S/C32H54O8/c1-23(15-35-27(5)19-39-29(7)21-37-25(3)17-33-9)31-12-11-13-32(14-31)24(2)16-36-28(6)20-40-30(8)22-38-26(4)18-34-10/h11-14,16,25-30H,1,15,17-22H2,2-10H3. The molecule has 0 N–H and O–H groups in total. The lowest BCUT2D eigenvalue weighted by molar-refractivity contribution is -0.0736. The molecular formula is C32H54O8. The van der Waals surface area contributed by atoms with Crippen LogP contribution < -0.4 is 0 Å². The van der Waals surface area contributed by atoms with Gasteiger partial charge in [0.1, 0.15) is 6.10 Å². The fraction of sp³-hybridized carbons (Fsp3) is 0.688. The highest BCUT2D eigenvalue weighted by atomic mass is 16.6. The van der Waals surface area contributed by atoms with Crippen LogP contribution in [0.25, 0.3) is 11.1 Å². The molecule has 0 radical (unpaired) electrons. The highest BCUT2D eigenvalue weighted by Crippen LogP contribution is 2.21. The molecule has 0 fully saturated rings. The molecule has 0 aliphatic carbocycles. The smallest absolute Gasteiger partial charge is 0.118 e. The van der Waals surface area contributed by atoms with Gasteiger partial charge in [0.15, 0.2) is 0 Å². The summed E-state index contributed by atoms with van der Waals surface area (Å²) in [4.78, 5) is 0. The first-order chi connectivity index (χ1) is 19.0. The predicted octanol–water partition coefficient (Wildman–Crippen LogP) is 5.78. The van der Waals surface area contributed by atoms with E-state index in [1.54, 1.807) is 20.5 Å². The second-order valence-electron chi connectivity index (χ2n) is 10.5. The molecule has 1 aromatic carbocycles. The van der Waals surface area contributed by atoms with Gasteiger partial charge in [-0.3, -0.25) is 0 Å². The summed E-state index contributed by atoms with van der Waals surface area (Å²) in [6.45, 7) is 21.7. The summed E-state index contributed by atoms with van der Waals surface area (Å²) in [7, 11) is 3.33. The number of methoxy groups -OCH3 is 2. The van der Waals surface area contributed by atoms with E-state index in [4.69, 9.17) is 37.9 Å². The summed E-state index contributed by atoms with van der Waals surface area (Å²) in [5.41, 5.74) is 4.02. The summed E-state index contributed by atoms with van der Waals surface area (Å²) in [6, 6.07) is 8.22. The average molecular weight is 567 g/mol. The third-order valence-electron chi connectivity index (χ3n) is 6.01. The van der Waals surface area contributed by atoms with Gasteiger partial charge in [0.05, 0.1) is 83.0 Å². The molecule has 1 rings (SSSR count). The maximum atomic E-state index is 5.99. The Hall–Kier alpha value is -1.78. The van der Waals surface area contributed by atoms with Crippen LogP contribution in [-0.2, 0) is 37.9 Å². The Bertz CT molecular complexity index is 842. The lowest BCUT2D eigenvalue weighted by atomic mass is 10.0. The summed E-state index contributed by atoms with van der Waals surface area (Å²) >= 11 is 0. The third-order valence-corrected chi connectivity index (χ3v) is 6.01. The van der Waals surface area contributed by atoms with Gasteiger partial charge in [-0.15, -0.1) is 0 Å². The zero-order valence-corrected chi connectivity index (χ0v) is 26.3. The molecule has 0 aromatic heterocycles. The molecule has 6 atom stereocenters. The molecule has 0 spiro atoms. The minimum absolute atomic E-state index is 0.0242. The van der Waals surface area contributed by atoms with Crippen LogP contribution in [0.2, 0.25) is 0 Å². The third kappa shape index (κ3) is 16.5. The second kappa shape index (κ2) is 21.0. The Balaban J connectivity index is 2.44. The first-order valence-corrected chi connectivity index (χ1v) is 14.2. The van der Waals surface area contributed by atoms with E-state index < -0.39 is 0 Å². The van der Waals surface area contributed by atoms with Crippen LogP contribution >= 0.6 is 0 Å². The summed E-state index contributed by atoms with van der Waals surface area (Å²) in [6.07, 6.45) is 1.66. The molecule has 0 heterocycles. The first kappa shape index (κ1) is 36.2. The highest BCUT2D eigenvalue weighted by molar-refractivity contribution is 5.70. The van der Waals surface area contributed by atoms with Crippen molar-refractivity contribution in [1.82, 2.24) is 0 Å². The number of hydrogen-bond donors (Lipinski definition) is 0. The molecule has 1 aromatic rings. The van der Waals surface area contributed by atoms with Crippen molar-refractivity contribution in [3.63, 3.8) is 0 Å². The van der Waals surface area contributed by atoms with Gasteiger partial charge in [-0.05, 0) is 76.8 Å². The fourth-order valence-electron chi connectivity index (χ4n) is 3.55. The van der Waals surface area contributed by atoms with Crippen molar-refractivity contribution < 1.29 is 37.9 Å². The van der Waals surface area contributed by atoms with Crippen molar-refractivity contribution in [1.29, 1.82) is 0 Å². The number of hydrogen-bond acceptors (Lipinski definition) is 8. The van der Waals surface area contributed by atoms with E-state index in [-0.39, 0.29) is 36.6 Å². The molecule has 8 heteroatoms. The molecule has 0 amide bonds. The van der Waals surface area contributed by atoms with Crippen LogP contribution in [0.15, 0.2) is 37.1 Å². The molecule has 0 bridgehead atoms. The predicted molar refractivity (Wildman–Crippen MR) is 160 cm³/mol. The van der Waals surface area contributed by atoms with Crippen molar-refractivity contribution in [3.8, 4) is 0 Å². The fourth-order valence-corrected chi connectivity index (χ4v) is 3.55. The Kier molecular flexibility index (Phi) is 19.0. The van der Waals surface area contributed by atoms with E-state index in [0.717, 1.165) is 22.3 Å². The van der Waals surface area contributed by atoms with Gasteiger partial charge in [0.25, 0.3) is 0 Å². The van der Waals surface area contributed by atoms with Crippen LogP contribution in [-0.4, -0.2) is 97.1 Å². The van der Waals surface area contributed by atoms with Gasteiger partial charge >= 0.3 is 0 Å². The monoisotopic (exact) mass is 566 g/mol. The van der Waals surface area contributed by atoms with Gasteiger partial charge in [-0.25, -0.2) is 0 Å². The van der Waals surface area contributed by atoms with Crippen molar-refractivity contribution in [2.45, 2.75) is 85.1 Å². The molecule has 0 aliphatic rings. The van der Waals surface area contributed by atoms with Crippen molar-refractivity contribution in [2.24, 2.45) is 0 Å². The Morgan fingerprint density at radius 1 is 0.650 bits per heavy atom. The number of rotatable bonds is 23. The van der Waals surface area contributed by atoms with Gasteiger partial charge in [-0.1, -0.05) is 24.8 Å². The second-order valence-corrected chi connectivity index (χ2v) is 10.5. The first-order valence-electron chi connectivity index (χ1n) is 14.2. The topological polar surface area (TPSA) is 73.8 Å². The maximum absolute atomic E-state index is 5.99. The van der Waals surface area contributed by atoms with Crippen molar-refractivity contribution in [2.75, 3.05) is 60.5 Å². The minimum atomic E-state index is -0.0907. The summed E-state index contributed by atoms with van der Waals surface area (Å²) in [5.74, 6) is 0. The number of ether oxygens (including phenoxy) is 8. The molecule has 8 nitrogen and oxygen atoms in total. The van der Waals surface area contributed by atoms with E-state index >= 15 is 0 Å². The molecule has 230 valence electrons. The zero-order valence-electron chi connectivity index (χ0n) is 26.3. The van der Waals surface area contributed by atoms with E-state index in [0.29, 0.717) is 46.2 Å². The molecular weight excluding hydrogens is 512 g/mol. The molecule has 0 saturated carbocycles. The van der Waals surface area contributed by atoms with E-state index in [1.807, 2.05) is 60.6 Å². The van der Waals surface area contributed by atoms with Gasteiger partial charge in [0, 0.05) is 14.2 Å². The normalized spacial score (nSPS) is 16.7. The van der Waals surface area contributed by atoms with Crippen LogP contribution in [0.4, 0.5) is 0 Å². The zero-order chi connectivity index (χ0) is 29.9. The Morgan fingerprint density at radius 2 is 1.07 bits per heavy atom. The van der Waals surface area contributed by atoms with Gasteiger partial charge in [-0.2, -0.15) is 0 Å². The van der Waals surface area contributed by atoms with Gasteiger partial charge < -0.3 is 37.9 Å². The Morgan fingerprint density at radius 3 is 1.57 bits per heavy atom. The largest absolute Gasteiger partial charge is 0.496 e. The lowest BCUT2D eigenvalue weighted by Gasteiger charge is -2.20.